The van der Waals surface area contributed by atoms with E-state index >= 15 is 0 Å². The normalized spacial score (nSPS) is 14.6. The van der Waals surface area contributed by atoms with Crippen molar-refractivity contribution in [3.05, 3.63) is 66.3 Å². The highest BCUT2D eigenvalue weighted by atomic mass is 16.1. The molecule has 0 saturated carbocycles. The molecule has 1 heterocycles. The Morgan fingerprint density at radius 3 is 2.81 bits per heavy atom. The fourth-order valence-corrected chi connectivity index (χ4v) is 2.65. The van der Waals surface area contributed by atoms with Crippen LogP contribution in [0.5, 0.6) is 0 Å². The molecule has 1 aromatic heterocycles. The minimum atomic E-state index is 0.121. The van der Waals surface area contributed by atoms with E-state index in [1.165, 1.54) is 18.4 Å². The molecule has 3 heteroatoms. The van der Waals surface area contributed by atoms with Crippen molar-refractivity contribution in [1.82, 2.24) is 4.98 Å². The van der Waals surface area contributed by atoms with Crippen molar-refractivity contribution in [2.75, 3.05) is 0 Å². The van der Waals surface area contributed by atoms with Crippen molar-refractivity contribution < 1.29 is 9.36 Å². The SMILES string of the molecule is O=C(C[n+]1ccnc(C2=CCCCC2)c1)c1ccccc1. The fourth-order valence-electron chi connectivity index (χ4n) is 2.65. The van der Waals surface area contributed by atoms with Crippen LogP contribution in [0, 0.1) is 0 Å². The lowest BCUT2D eigenvalue weighted by atomic mass is 9.97. The van der Waals surface area contributed by atoms with Crippen LogP contribution in [0.1, 0.15) is 41.7 Å². The molecule has 3 rings (SSSR count). The molecule has 0 amide bonds. The number of benzene rings is 1. The lowest BCUT2D eigenvalue weighted by Gasteiger charge is -2.10. The summed E-state index contributed by atoms with van der Waals surface area (Å²) in [4.78, 5) is 16.7. The van der Waals surface area contributed by atoms with Crippen LogP contribution >= 0.6 is 0 Å². The number of allylic oxidation sites excluding steroid dienone is 2. The van der Waals surface area contributed by atoms with Crippen LogP contribution in [0.15, 0.2) is 55.0 Å². The molecule has 0 aliphatic heterocycles. The van der Waals surface area contributed by atoms with Gasteiger partial charge in [-0.1, -0.05) is 36.4 Å². The van der Waals surface area contributed by atoms with E-state index < -0.39 is 0 Å². The summed E-state index contributed by atoms with van der Waals surface area (Å²) in [7, 11) is 0. The Kier molecular flexibility index (Phi) is 4.20. The van der Waals surface area contributed by atoms with Crippen molar-refractivity contribution in [3.8, 4) is 0 Å². The van der Waals surface area contributed by atoms with Gasteiger partial charge in [0.05, 0.1) is 6.20 Å². The first-order valence-electron chi connectivity index (χ1n) is 7.46. The second-order valence-corrected chi connectivity index (χ2v) is 5.38. The van der Waals surface area contributed by atoms with E-state index in [1.54, 1.807) is 6.20 Å². The Balaban J connectivity index is 1.77. The Labute approximate surface area is 125 Å². The zero-order chi connectivity index (χ0) is 14.5. The fraction of sp³-hybridized carbons (Fsp3) is 0.278. The van der Waals surface area contributed by atoms with Gasteiger partial charge >= 0.3 is 0 Å². The standard InChI is InChI=1S/C18H19N2O/c21-18(16-9-5-2-6-10-16)14-20-12-11-19-17(13-20)15-7-3-1-4-8-15/h2,5-7,9-13H,1,3-4,8,14H2/q+1. The van der Waals surface area contributed by atoms with Crippen LogP contribution in [-0.2, 0) is 6.54 Å². The molecule has 21 heavy (non-hydrogen) atoms. The van der Waals surface area contributed by atoms with Crippen LogP contribution in [0.25, 0.3) is 5.57 Å². The molecule has 1 aliphatic rings. The van der Waals surface area contributed by atoms with Gasteiger partial charge in [0.15, 0.2) is 12.4 Å². The molecule has 0 N–H and O–H groups in total. The van der Waals surface area contributed by atoms with Gasteiger partial charge in [-0.2, -0.15) is 4.57 Å². The smallest absolute Gasteiger partial charge is 0.227 e. The number of rotatable bonds is 4. The third-order valence-corrected chi connectivity index (χ3v) is 3.80. The Hall–Kier alpha value is -2.29. The maximum atomic E-state index is 12.2. The van der Waals surface area contributed by atoms with E-state index in [1.807, 2.05) is 47.3 Å². The molecular formula is C18H19N2O+. The third-order valence-electron chi connectivity index (χ3n) is 3.80. The van der Waals surface area contributed by atoms with Crippen molar-refractivity contribution in [2.24, 2.45) is 0 Å². The quantitative estimate of drug-likeness (QED) is 0.636. The molecule has 1 aromatic carbocycles. The average molecular weight is 279 g/mol. The molecule has 0 unspecified atom stereocenters. The highest BCUT2D eigenvalue weighted by Crippen LogP contribution is 2.24. The largest absolute Gasteiger partial charge is 0.287 e. The molecule has 106 valence electrons. The van der Waals surface area contributed by atoms with E-state index in [0.717, 1.165) is 24.1 Å². The summed E-state index contributed by atoms with van der Waals surface area (Å²) in [6, 6.07) is 9.42. The summed E-state index contributed by atoms with van der Waals surface area (Å²) in [6.07, 6.45) is 12.6. The van der Waals surface area contributed by atoms with Crippen LogP contribution in [0.2, 0.25) is 0 Å². The molecule has 0 bridgehead atoms. The van der Waals surface area contributed by atoms with E-state index in [0.29, 0.717) is 6.54 Å². The molecule has 0 atom stereocenters. The van der Waals surface area contributed by atoms with E-state index in [4.69, 9.17) is 0 Å². The van der Waals surface area contributed by atoms with Crippen LogP contribution in [0.3, 0.4) is 0 Å². The molecule has 0 spiro atoms. The highest BCUT2D eigenvalue weighted by Gasteiger charge is 2.15. The van der Waals surface area contributed by atoms with Crippen molar-refractivity contribution in [1.29, 1.82) is 0 Å². The van der Waals surface area contributed by atoms with Gasteiger partial charge in [-0.25, -0.2) is 4.98 Å². The number of ketones is 1. The molecule has 0 saturated heterocycles. The van der Waals surface area contributed by atoms with E-state index in [9.17, 15) is 4.79 Å². The zero-order valence-corrected chi connectivity index (χ0v) is 12.0. The van der Waals surface area contributed by atoms with Crippen molar-refractivity contribution >= 4 is 11.4 Å². The number of carbonyl (C=O) groups is 1. The van der Waals surface area contributed by atoms with Gasteiger partial charge in [-0.15, -0.1) is 0 Å². The maximum absolute atomic E-state index is 12.2. The molecule has 2 aromatic rings. The van der Waals surface area contributed by atoms with Crippen LogP contribution in [-0.4, -0.2) is 10.8 Å². The molecule has 3 nitrogen and oxygen atoms in total. The predicted octanol–water partition coefficient (Wildman–Crippen LogP) is 3.21. The van der Waals surface area contributed by atoms with Gasteiger partial charge in [-0.3, -0.25) is 4.79 Å². The van der Waals surface area contributed by atoms with Gasteiger partial charge in [0.25, 0.3) is 0 Å². The topological polar surface area (TPSA) is 33.8 Å². The summed E-state index contributed by atoms with van der Waals surface area (Å²) in [6.45, 7) is 0.354. The molecule has 1 aliphatic carbocycles. The lowest BCUT2D eigenvalue weighted by molar-refractivity contribution is -0.683. The zero-order valence-electron chi connectivity index (χ0n) is 12.0. The molecule has 0 radical (unpaired) electrons. The summed E-state index contributed by atoms with van der Waals surface area (Å²) < 4.78 is 1.92. The summed E-state index contributed by atoms with van der Waals surface area (Å²) >= 11 is 0. The summed E-state index contributed by atoms with van der Waals surface area (Å²) in [5.41, 5.74) is 3.06. The third kappa shape index (κ3) is 3.43. The first-order chi connectivity index (χ1) is 10.3. The Morgan fingerprint density at radius 1 is 1.19 bits per heavy atom. The lowest BCUT2D eigenvalue weighted by Crippen LogP contribution is -2.38. The first-order valence-corrected chi connectivity index (χ1v) is 7.46. The van der Waals surface area contributed by atoms with Gasteiger partial charge in [0.1, 0.15) is 5.69 Å². The van der Waals surface area contributed by atoms with Gasteiger partial charge in [0.2, 0.25) is 12.3 Å². The number of carbonyl (C=O) groups excluding carboxylic acids is 1. The number of Topliss-reactive ketones (excluding diaryl/α,β-unsaturated/α-hetero) is 1. The van der Waals surface area contributed by atoms with Gasteiger partial charge in [0, 0.05) is 5.56 Å². The Bertz CT molecular complexity index is 662. The van der Waals surface area contributed by atoms with Crippen LogP contribution in [0.4, 0.5) is 0 Å². The summed E-state index contributed by atoms with van der Waals surface area (Å²) in [5.74, 6) is 0.121. The van der Waals surface area contributed by atoms with E-state index in [2.05, 4.69) is 11.1 Å². The average Bonchev–Trinajstić information content (AvgIpc) is 2.57. The first kappa shape index (κ1) is 13.7. The van der Waals surface area contributed by atoms with Crippen LogP contribution < -0.4 is 4.57 Å². The van der Waals surface area contributed by atoms with E-state index in [-0.39, 0.29) is 5.78 Å². The number of aromatic nitrogens is 2. The second kappa shape index (κ2) is 6.44. The number of hydrogen-bond acceptors (Lipinski definition) is 2. The number of hydrogen-bond donors (Lipinski definition) is 0. The van der Waals surface area contributed by atoms with Gasteiger partial charge in [-0.05, 0) is 31.3 Å². The Morgan fingerprint density at radius 2 is 2.05 bits per heavy atom. The second-order valence-electron chi connectivity index (χ2n) is 5.38. The summed E-state index contributed by atoms with van der Waals surface area (Å²) in [5, 5.41) is 0. The molecule has 0 fully saturated rings. The minimum absolute atomic E-state index is 0.121. The van der Waals surface area contributed by atoms with Gasteiger partial charge < -0.3 is 0 Å². The highest BCUT2D eigenvalue weighted by molar-refractivity contribution is 5.94. The van der Waals surface area contributed by atoms with Crippen molar-refractivity contribution in [2.45, 2.75) is 32.2 Å². The minimum Gasteiger partial charge on any atom is -0.287 e. The molecular weight excluding hydrogens is 260 g/mol. The predicted molar refractivity (Wildman–Crippen MR) is 81.6 cm³/mol. The van der Waals surface area contributed by atoms with Crippen molar-refractivity contribution in [3.63, 3.8) is 0 Å². The monoisotopic (exact) mass is 279 g/mol. The maximum Gasteiger partial charge on any atom is 0.227 e. The number of nitrogens with zero attached hydrogens (tertiary/aromatic N) is 2.